The Morgan fingerprint density at radius 3 is 2.46 bits per heavy atom. The van der Waals surface area contributed by atoms with Gasteiger partial charge in [-0.25, -0.2) is 9.59 Å². The molecule has 0 aliphatic carbocycles. The third kappa shape index (κ3) is 6.08. The van der Waals surface area contributed by atoms with Crippen LogP contribution in [0.3, 0.4) is 0 Å². The van der Waals surface area contributed by atoms with Gasteiger partial charge >= 0.3 is 17.8 Å². The predicted octanol–water partition coefficient (Wildman–Crippen LogP) is 1.06. The normalized spacial score (nSPS) is 12.1. The SMILES string of the molecule is C[C@@H](OC(=O)Cn1nc(-c2ccccc2)oc1=O)C(=O)NC(=O)NC(C)(C)C. The molecule has 0 unspecified atom stereocenters. The Morgan fingerprint density at radius 2 is 1.86 bits per heavy atom. The fourth-order valence-corrected chi connectivity index (χ4v) is 2.10. The van der Waals surface area contributed by atoms with Gasteiger partial charge in [-0.05, 0) is 39.8 Å². The quantitative estimate of drug-likeness (QED) is 0.729. The highest BCUT2D eigenvalue weighted by molar-refractivity contribution is 5.97. The van der Waals surface area contributed by atoms with Crippen molar-refractivity contribution in [1.29, 1.82) is 0 Å². The van der Waals surface area contributed by atoms with Crippen LogP contribution >= 0.6 is 0 Å². The number of nitrogens with one attached hydrogen (secondary N) is 2. The van der Waals surface area contributed by atoms with Crippen LogP contribution < -0.4 is 16.4 Å². The van der Waals surface area contributed by atoms with Crippen molar-refractivity contribution in [2.24, 2.45) is 0 Å². The summed E-state index contributed by atoms with van der Waals surface area (Å²) in [4.78, 5) is 47.4. The average molecular weight is 390 g/mol. The molecule has 28 heavy (non-hydrogen) atoms. The Labute approximate surface area is 160 Å². The number of amides is 3. The van der Waals surface area contributed by atoms with Crippen LogP contribution in [0.5, 0.6) is 0 Å². The molecule has 0 saturated heterocycles. The summed E-state index contributed by atoms with van der Waals surface area (Å²) in [5.74, 6) is -2.46. The van der Waals surface area contributed by atoms with E-state index >= 15 is 0 Å². The Balaban J connectivity index is 1.93. The van der Waals surface area contributed by atoms with Gasteiger partial charge in [0.05, 0.1) is 0 Å². The lowest BCUT2D eigenvalue weighted by Crippen LogP contribution is -2.50. The highest BCUT2D eigenvalue weighted by Gasteiger charge is 2.23. The lowest BCUT2D eigenvalue weighted by molar-refractivity contribution is -0.155. The number of esters is 1. The van der Waals surface area contributed by atoms with E-state index in [0.29, 0.717) is 5.56 Å². The summed E-state index contributed by atoms with van der Waals surface area (Å²) < 4.78 is 10.7. The number of urea groups is 1. The van der Waals surface area contributed by atoms with Crippen LogP contribution in [0.25, 0.3) is 11.5 Å². The van der Waals surface area contributed by atoms with Gasteiger partial charge in [-0.3, -0.25) is 14.9 Å². The Hall–Kier alpha value is -3.43. The Morgan fingerprint density at radius 1 is 1.21 bits per heavy atom. The number of hydrogen-bond donors (Lipinski definition) is 2. The number of ether oxygens (including phenoxy) is 1. The second kappa shape index (κ2) is 8.51. The van der Waals surface area contributed by atoms with Gasteiger partial charge < -0.3 is 14.5 Å². The fraction of sp³-hybridized carbons (Fsp3) is 0.389. The van der Waals surface area contributed by atoms with Gasteiger partial charge in [0.1, 0.15) is 6.54 Å². The van der Waals surface area contributed by atoms with E-state index in [1.807, 2.05) is 0 Å². The monoisotopic (exact) mass is 390 g/mol. The van der Waals surface area contributed by atoms with Crippen LogP contribution in [0.4, 0.5) is 4.79 Å². The number of benzene rings is 1. The van der Waals surface area contributed by atoms with Crippen LogP contribution in [-0.4, -0.2) is 39.3 Å². The average Bonchev–Trinajstić information content (AvgIpc) is 2.94. The van der Waals surface area contributed by atoms with Crippen molar-refractivity contribution in [2.75, 3.05) is 0 Å². The molecule has 0 fully saturated rings. The zero-order chi connectivity index (χ0) is 20.9. The molecule has 1 heterocycles. The molecule has 0 aliphatic heterocycles. The zero-order valence-electron chi connectivity index (χ0n) is 16.0. The third-order valence-corrected chi connectivity index (χ3v) is 3.31. The summed E-state index contributed by atoms with van der Waals surface area (Å²) >= 11 is 0. The molecule has 0 spiro atoms. The van der Waals surface area contributed by atoms with Crippen LogP contribution in [0.2, 0.25) is 0 Å². The first-order valence-corrected chi connectivity index (χ1v) is 8.51. The van der Waals surface area contributed by atoms with Crippen molar-refractivity contribution in [1.82, 2.24) is 20.4 Å². The van der Waals surface area contributed by atoms with Gasteiger partial charge in [-0.15, -0.1) is 5.10 Å². The van der Waals surface area contributed by atoms with Crippen molar-refractivity contribution < 1.29 is 23.5 Å². The highest BCUT2D eigenvalue weighted by atomic mass is 16.5. The smallest absolute Gasteiger partial charge is 0.437 e. The molecule has 2 aromatic rings. The summed E-state index contributed by atoms with van der Waals surface area (Å²) in [6.07, 6.45) is -1.24. The second-order valence-corrected chi connectivity index (χ2v) is 7.02. The van der Waals surface area contributed by atoms with Crippen LogP contribution in [0, 0.1) is 0 Å². The van der Waals surface area contributed by atoms with E-state index in [2.05, 4.69) is 15.7 Å². The van der Waals surface area contributed by atoms with E-state index in [1.54, 1.807) is 51.1 Å². The third-order valence-electron chi connectivity index (χ3n) is 3.31. The van der Waals surface area contributed by atoms with Gasteiger partial charge in [-0.1, -0.05) is 18.2 Å². The number of rotatable bonds is 5. The van der Waals surface area contributed by atoms with Crippen molar-refractivity contribution in [3.8, 4) is 11.5 Å². The first-order valence-electron chi connectivity index (χ1n) is 8.51. The molecule has 1 aromatic carbocycles. The summed E-state index contributed by atoms with van der Waals surface area (Å²) in [6, 6.07) is 7.98. The number of nitrogens with zero attached hydrogens (tertiary/aromatic N) is 2. The van der Waals surface area contributed by atoms with Crippen LogP contribution in [0.1, 0.15) is 27.7 Å². The molecule has 1 aromatic heterocycles. The topological polar surface area (TPSA) is 133 Å². The maximum Gasteiger partial charge on any atom is 0.437 e. The Bertz CT molecular complexity index is 910. The first-order chi connectivity index (χ1) is 13.0. The van der Waals surface area contributed by atoms with E-state index in [4.69, 9.17) is 9.15 Å². The molecule has 10 nitrogen and oxygen atoms in total. The molecule has 150 valence electrons. The number of imide groups is 1. The van der Waals surface area contributed by atoms with E-state index in [0.717, 1.165) is 4.68 Å². The summed E-state index contributed by atoms with van der Waals surface area (Å²) in [5.41, 5.74) is 0.0406. The minimum atomic E-state index is -1.24. The fourth-order valence-electron chi connectivity index (χ4n) is 2.10. The number of aromatic nitrogens is 2. The number of carbonyl (C=O) groups excluding carboxylic acids is 3. The predicted molar refractivity (Wildman–Crippen MR) is 98.2 cm³/mol. The maximum atomic E-state index is 12.0. The Kier molecular flexibility index (Phi) is 6.34. The highest BCUT2D eigenvalue weighted by Crippen LogP contribution is 2.13. The van der Waals surface area contributed by atoms with Crippen molar-refractivity contribution in [3.63, 3.8) is 0 Å². The van der Waals surface area contributed by atoms with Gasteiger partial charge in [0.15, 0.2) is 6.10 Å². The maximum absolute atomic E-state index is 12.0. The van der Waals surface area contributed by atoms with Gasteiger partial charge in [0, 0.05) is 11.1 Å². The van der Waals surface area contributed by atoms with E-state index in [1.165, 1.54) is 6.92 Å². The second-order valence-electron chi connectivity index (χ2n) is 7.02. The van der Waals surface area contributed by atoms with E-state index in [-0.39, 0.29) is 5.89 Å². The molecule has 2 N–H and O–H groups in total. The van der Waals surface area contributed by atoms with E-state index in [9.17, 15) is 19.2 Å². The van der Waals surface area contributed by atoms with Gasteiger partial charge in [0.2, 0.25) is 5.89 Å². The molecule has 0 aliphatic rings. The van der Waals surface area contributed by atoms with Crippen molar-refractivity contribution in [3.05, 3.63) is 40.9 Å². The molecular weight excluding hydrogens is 368 g/mol. The standard InChI is InChI=1S/C18H22N4O6/c1-11(14(24)19-16(25)20-18(2,3)4)27-13(23)10-22-17(26)28-15(21-22)12-8-6-5-7-9-12/h5-9,11H,10H2,1-4H3,(H2,19,20,24,25)/t11-/m1/s1. The molecule has 0 bridgehead atoms. The summed E-state index contributed by atoms with van der Waals surface area (Å²) in [6.45, 7) is 6.01. The number of hydrogen-bond acceptors (Lipinski definition) is 7. The molecule has 0 radical (unpaired) electrons. The molecule has 10 heteroatoms. The summed E-state index contributed by atoms with van der Waals surface area (Å²) in [5, 5.41) is 8.55. The summed E-state index contributed by atoms with van der Waals surface area (Å²) in [7, 11) is 0. The van der Waals surface area contributed by atoms with E-state index < -0.39 is 41.9 Å². The first kappa shape index (κ1) is 20.9. The van der Waals surface area contributed by atoms with Crippen LogP contribution in [0.15, 0.2) is 39.5 Å². The minimum absolute atomic E-state index is 0.0584. The molecule has 0 saturated carbocycles. The van der Waals surface area contributed by atoms with Gasteiger partial charge in [0.25, 0.3) is 5.91 Å². The molecular formula is C18H22N4O6. The molecule has 1 atom stereocenters. The van der Waals surface area contributed by atoms with Crippen molar-refractivity contribution in [2.45, 2.75) is 45.9 Å². The number of carbonyl (C=O) groups is 3. The van der Waals surface area contributed by atoms with Gasteiger partial charge in [-0.2, -0.15) is 4.68 Å². The zero-order valence-corrected chi connectivity index (χ0v) is 16.0. The lowest BCUT2D eigenvalue weighted by Gasteiger charge is -2.21. The minimum Gasteiger partial charge on any atom is -0.451 e. The molecule has 2 rings (SSSR count). The lowest BCUT2D eigenvalue weighted by atomic mass is 10.1. The largest absolute Gasteiger partial charge is 0.451 e. The van der Waals surface area contributed by atoms with Crippen molar-refractivity contribution >= 4 is 17.9 Å². The van der Waals surface area contributed by atoms with Crippen LogP contribution in [-0.2, 0) is 20.9 Å². The molecule has 3 amide bonds.